The van der Waals surface area contributed by atoms with E-state index >= 15 is 0 Å². The molecule has 6 nitrogen and oxygen atoms in total. The maximum absolute atomic E-state index is 11.1. The molecule has 1 amide bonds. The van der Waals surface area contributed by atoms with Crippen molar-refractivity contribution in [2.45, 2.75) is 26.4 Å². The third-order valence-corrected chi connectivity index (χ3v) is 2.11. The molecule has 0 aliphatic carbocycles. The summed E-state index contributed by atoms with van der Waals surface area (Å²) in [6, 6.07) is 0. The Kier molecular flexibility index (Phi) is 4.51. The average Bonchev–Trinajstić information content (AvgIpc) is 1.95. The van der Waals surface area contributed by atoms with Crippen LogP contribution in [-0.4, -0.2) is 31.8 Å². The van der Waals surface area contributed by atoms with Gasteiger partial charge in [-0.1, -0.05) is 0 Å². The molecule has 1 N–H and O–H groups in total. The lowest BCUT2D eigenvalue weighted by Gasteiger charge is -2.19. The maximum Gasteiger partial charge on any atom is 0.421 e. The molecule has 0 fully saturated rings. The minimum atomic E-state index is -3.86. The lowest BCUT2D eigenvalue weighted by molar-refractivity contribution is 0.0570. The number of ether oxygens (including phenoxy) is 1. The van der Waals surface area contributed by atoms with Gasteiger partial charge in [-0.3, -0.25) is 0 Å². The molecule has 0 spiro atoms. The summed E-state index contributed by atoms with van der Waals surface area (Å²) in [6.07, 6.45) is -0.311. The van der Waals surface area contributed by atoms with E-state index in [1.165, 1.54) is 5.94 Å². The van der Waals surface area contributed by atoms with Gasteiger partial charge >= 0.3 is 6.09 Å². The lowest BCUT2D eigenvalue weighted by Crippen LogP contribution is -2.37. The summed E-state index contributed by atoms with van der Waals surface area (Å²) < 4.78 is 28.5. The summed E-state index contributed by atoms with van der Waals surface area (Å²) in [5.41, 5.74) is -0.778. The van der Waals surface area contributed by atoms with Crippen LogP contribution in [-0.2, 0) is 19.6 Å². The highest BCUT2D eigenvalue weighted by Gasteiger charge is 2.20. The molecule has 15 heavy (non-hydrogen) atoms. The number of hydrogen-bond acceptors (Lipinski definition) is 5. The second-order valence-electron chi connectivity index (χ2n) is 3.71. The number of sulfonamides is 1. The fourth-order valence-corrected chi connectivity index (χ4v) is 1.28. The molecule has 0 radical (unpaired) electrons. The summed E-state index contributed by atoms with van der Waals surface area (Å²) in [7, 11) is -3.86. The molecule has 0 unspecified atom stereocenters. The Morgan fingerprint density at radius 3 is 2.40 bits per heavy atom. The zero-order valence-electron chi connectivity index (χ0n) is 8.73. The van der Waals surface area contributed by atoms with Crippen molar-refractivity contribution in [3.05, 3.63) is 6.08 Å². The van der Waals surface area contributed by atoms with Crippen LogP contribution in [0.25, 0.3) is 0 Å². The first-order valence-corrected chi connectivity index (χ1v) is 5.74. The highest BCUT2D eigenvalue weighted by molar-refractivity contribution is 7.90. The van der Waals surface area contributed by atoms with Crippen LogP contribution in [0.5, 0.6) is 0 Å². The molecule has 0 aromatic heterocycles. The topological polar surface area (TPSA) is 89.5 Å². The van der Waals surface area contributed by atoms with Gasteiger partial charge in [-0.25, -0.2) is 22.7 Å². The van der Waals surface area contributed by atoms with Crippen molar-refractivity contribution in [1.82, 2.24) is 4.72 Å². The molecule has 0 rings (SSSR count). The van der Waals surface area contributed by atoms with Crippen molar-refractivity contribution >= 4 is 22.1 Å². The zero-order chi connectivity index (χ0) is 12.1. The predicted molar refractivity (Wildman–Crippen MR) is 53.4 cm³/mol. The standard InChI is InChI=1S/C8H13NO5S/c1-8(2,3)14-7(11)9-15(12,13)6-4-5-10/h4H,6H2,1-3H3,(H,9,11). The third kappa shape index (κ3) is 7.72. The van der Waals surface area contributed by atoms with Gasteiger partial charge in [-0.15, -0.1) is 0 Å². The van der Waals surface area contributed by atoms with Gasteiger partial charge in [-0.2, -0.15) is 0 Å². The van der Waals surface area contributed by atoms with Crippen molar-refractivity contribution < 1.29 is 22.7 Å². The molecule has 0 atom stereocenters. The van der Waals surface area contributed by atoms with Gasteiger partial charge in [0, 0.05) is 6.08 Å². The van der Waals surface area contributed by atoms with Crippen molar-refractivity contribution in [1.29, 1.82) is 0 Å². The van der Waals surface area contributed by atoms with Crippen molar-refractivity contribution in [3.63, 3.8) is 0 Å². The maximum atomic E-state index is 11.1. The fraction of sp³-hybridized carbons (Fsp3) is 0.625. The van der Waals surface area contributed by atoms with Gasteiger partial charge in [0.15, 0.2) is 0 Å². The Labute approximate surface area is 88.4 Å². The Bertz CT molecular complexity index is 372. The van der Waals surface area contributed by atoms with Gasteiger partial charge in [0.25, 0.3) is 0 Å². The van der Waals surface area contributed by atoms with Crippen molar-refractivity contribution in [2.24, 2.45) is 0 Å². The molecule has 0 aliphatic heterocycles. The van der Waals surface area contributed by atoms with E-state index in [9.17, 15) is 18.0 Å². The molecule has 86 valence electrons. The smallest absolute Gasteiger partial charge is 0.421 e. The first-order chi connectivity index (χ1) is 6.66. The SMILES string of the molecule is CC(C)(C)OC(=O)NS(=O)(=O)CC=C=O. The predicted octanol–water partition coefficient (Wildman–Crippen LogP) is 0.229. The molecule has 0 aromatic rings. The number of amides is 1. The van der Waals surface area contributed by atoms with Gasteiger partial charge < -0.3 is 4.74 Å². The van der Waals surface area contributed by atoms with Crippen LogP contribution < -0.4 is 4.72 Å². The number of carbonyl (C=O) groups is 1. The van der Waals surface area contributed by atoms with Gasteiger partial charge in [0.1, 0.15) is 11.5 Å². The quantitative estimate of drug-likeness (QED) is 0.707. The first kappa shape index (κ1) is 13.7. The summed E-state index contributed by atoms with van der Waals surface area (Å²) in [5, 5.41) is 0. The number of rotatable bonds is 3. The number of carbonyl (C=O) groups excluding carboxylic acids is 2. The van der Waals surface area contributed by atoms with Crippen LogP contribution in [0.3, 0.4) is 0 Å². The first-order valence-electron chi connectivity index (χ1n) is 4.09. The van der Waals surface area contributed by atoms with Crippen LogP contribution in [0, 0.1) is 0 Å². The van der Waals surface area contributed by atoms with Crippen molar-refractivity contribution in [3.8, 4) is 0 Å². The molecule has 0 aliphatic rings. The Morgan fingerprint density at radius 1 is 1.47 bits per heavy atom. The fourth-order valence-electron chi connectivity index (χ4n) is 0.611. The Hall–Kier alpha value is -1.33. The van der Waals surface area contributed by atoms with E-state index in [4.69, 9.17) is 4.74 Å². The number of hydrogen-bond donors (Lipinski definition) is 1. The molecular weight excluding hydrogens is 222 g/mol. The Morgan fingerprint density at radius 2 is 2.00 bits per heavy atom. The minimum absolute atomic E-state index is 0.601. The van der Waals surface area contributed by atoms with Crippen LogP contribution in [0.1, 0.15) is 20.8 Å². The number of nitrogens with one attached hydrogen (secondary N) is 1. The van der Waals surface area contributed by atoms with E-state index in [1.807, 2.05) is 0 Å². The monoisotopic (exact) mass is 235 g/mol. The largest absolute Gasteiger partial charge is 0.443 e. The Balaban J connectivity index is 4.36. The summed E-state index contributed by atoms with van der Waals surface area (Å²) in [5.74, 6) is 0.698. The van der Waals surface area contributed by atoms with Gasteiger partial charge in [0.05, 0.1) is 5.75 Å². The van der Waals surface area contributed by atoms with Crippen LogP contribution >= 0.6 is 0 Å². The summed E-state index contributed by atoms with van der Waals surface area (Å²) in [4.78, 5) is 20.8. The highest BCUT2D eigenvalue weighted by Crippen LogP contribution is 2.06. The van der Waals surface area contributed by atoms with Crippen LogP contribution in [0.4, 0.5) is 4.79 Å². The van der Waals surface area contributed by atoms with E-state index in [1.54, 1.807) is 25.5 Å². The van der Waals surface area contributed by atoms with E-state index in [0.717, 1.165) is 6.08 Å². The third-order valence-electron chi connectivity index (χ3n) is 1.02. The van der Waals surface area contributed by atoms with E-state index in [0.29, 0.717) is 0 Å². The minimum Gasteiger partial charge on any atom is -0.443 e. The molecule has 0 heterocycles. The lowest BCUT2D eigenvalue weighted by atomic mass is 10.2. The van der Waals surface area contributed by atoms with E-state index in [2.05, 4.69) is 0 Å². The summed E-state index contributed by atoms with van der Waals surface area (Å²) >= 11 is 0. The molecule has 0 saturated carbocycles. The zero-order valence-corrected chi connectivity index (χ0v) is 9.55. The van der Waals surface area contributed by atoms with Gasteiger partial charge in [0.2, 0.25) is 10.0 Å². The molecule has 0 bridgehead atoms. The molecular formula is C8H13NO5S. The van der Waals surface area contributed by atoms with Gasteiger partial charge in [-0.05, 0) is 20.8 Å². The van der Waals surface area contributed by atoms with E-state index < -0.39 is 27.5 Å². The molecule has 0 aromatic carbocycles. The second-order valence-corrected chi connectivity index (χ2v) is 5.47. The molecule has 7 heteroatoms. The van der Waals surface area contributed by atoms with Crippen LogP contribution in [0.2, 0.25) is 0 Å². The van der Waals surface area contributed by atoms with E-state index in [-0.39, 0.29) is 0 Å². The average molecular weight is 235 g/mol. The van der Waals surface area contributed by atoms with Crippen LogP contribution in [0.15, 0.2) is 6.08 Å². The second kappa shape index (κ2) is 4.95. The molecule has 0 saturated heterocycles. The normalized spacial score (nSPS) is 11.4. The van der Waals surface area contributed by atoms with Crippen molar-refractivity contribution in [2.75, 3.05) is 5.75 Å². The summed E-state index contributed by atoms with van der Waals surface area (Å²) in [6.45, 7) is 4.81. The highest BCUT2D eigenvalue weighted by atomic mass is 32.2.